The number of rotatable bonds is 5. The summed E-state index contributed by atoms with van der Waals surface area (Å²) in [5.41, 5.74) is 3.11. The van der Waals surface area contributed by atoms with Crippen LogP contribution in [0.15, 0.2) is 48.5 Å². The number of benzene rings is 2. The third-order valence-electron chi connectivity index (χ3n) is 4.62. The van der Waals surface area contributed by atoms with Crippen molar-refractivity contribution < 1.29 is 19.1 Å². The largest absolute Gasteiger partial charge is 0.467 e. The van der Waals surface area contributed by atoms with E-state index < -0.39 is 0 Å². The van der Waals surface area contributed by atoms with E-state index in [4.69, 9.17) is 9.47 Å². The molecule has 1 aliphatic heterocycles. The van der Waals surface area contributed by atoms with Crippen LogP contribution in [0.1, 0.15) is 34.3 Å². The number of methoxy groups -OCH3 is 1. The van der Waals surface area contributed by atoms with E-state index in [0.29, 0.717) is 12.1 Å². The molecule has 0 unspecified atom stereocenters. The first kappa shape index (κ1) is 18.0. The molecule has 0 bridgehead atoms. The molecule has 2 aromatic rings. The van der Waals surface area contributed by atoms with Crippen molar-refractivity contribution in [3.63, 3.8) is 0 Å². The molecule has 0 saturated carbocycles. The lowest BCUT2D eigenvalue weighted by Crippen LogP contribution is -2.37. The fourth-order valence-electron chi connectivity index (χ4n) is 3.30. The average Bonchev–Trinajstić information content (AvgIpc) is 3.15. The lowest BCUT2D eigenvalue weighted by Gasteiger charge is -2.26. The van der Waals surface area contributed by atoms with Crippen molar-refractivity contribution in [2.45, 2.75) is 32.4 Å². The van der Waals surface area contributed by atoms with Crippen LogP contribution in [0.4, 0.5) is 5.69 Å². The molecule has 0 radical (unpaired) electrons. The van der Waals surface area contributed by atoms with Gasteiger partial charge in [-0.1, -0.05) is 42.0 Å². The van der Waals surface area contributed by atoms with Crippen LogP contribution in [0.5, 0.6) is 0 Å². The predicted molar refractivity (Wildman–Crippen MR) is 99.1 cm³/mol. The minimum atomic E-state index is -0.386. The monoisotopic (exact) mass is 353 g/mol. The second kappa shape index (κ2) is 8.04. The van der Waals surface area contributed by atoms with Gasteiger partial charge in [0.25, 0.3) is 0 Å². The van der Waals surface area contributed by atoms with Crippen molar-refractivity contribution in [2.24, 2.45) is 0 Å². The highest BCUT2D eigenvalue weighted by Gasteiger charge is 2.33. The van der Waals surface area contributed by atoms with Crippen molar-refractivity contribution in [1.82, 2.24) is 0 Å². The molecule has 0 amide bonds. The fraction of sp³-hybridized carbons (Fsp3) is 0.333. The number of anilines is 1. The molecular formula is C21H23NO4. The van der Waals surface area contributed by atoms with E-state index in [9.17, 15) is 9.59 Å². The van der Waals surface area contributed by atoms with Gasteiger partial charge in [-0.05, 0) is 37.5 Å². The molecule has 5 nitrogen and oxygen atoms in total. The summed E-state index contributed by atoms with van der Waals surface area (Å²) in [6, 6.07) is 14.9. The smallest absolute Gasteiger partial charge is 0.340 e. The number of carbonyl (C=O) groups is 2. The third kappa shape index (κ3) is 3.87. The Hall–Kier alpha value is -2.82. The van der Waals surface area contributed by atoms with E-state index in [1.54, 1.807) is 0 Å². The molecule has 0 aliphatic carbocycles. The standard InChI is InChI=1S/C21H23NO4/c1-15-10-11-18(22-12-6-9-19(22)21(24)25-2)17(13-15)20(23)26-14-16-7-4-3-5-8-16/h3-5,7-8,10-11,13,19H,6,9,12,14H2,1-2H3/t19-/m0/s1. The molecule has 3 rings (SSSR count). The van der Waals surface area contributed by atoms with E-state index in [1.807, 2.05) is 60.4 Å². The van der Waals surface area contributed by atoms with Gasteiger partial charge in [-0.15, -0.1) is 0 Å². The van der Waals surface area contributed by atoms with Crippen LogP contribution in [-0.2, 0) is 20.9 Å². The highest BCUT2D eigenvalue weighted by Crippen LogP contribution is 2.30. The predicted octanol–water partition coefficient (Wildman–Crippen LogP) is 3.49. The minimum Gasteiger partial charge on any atom is -0.467 e. The third-order valence-corrected chi connectivity index (χ3v) is 4.62. The summed E-state index contributed by atoms with van der Waals surface area (Å²) < 4.78 is 10.4. The van der Waals surface area contributed by atoms with Crippen LogP contribution in [0.25, 0.3) is 0 Å². The number of nitrogens with zero attached hydrogens (tertiary/aromatic N) is 1. The molecule has 1 atom stereocenters. The van der Waals surface area contributed by atoms with Crippen LogP contribution >= 0.6 is 0 Å². The van der Waals surface area contributed by atoms with E-state index in [1.165, 1.54) is 7.11 Å². The van der Waals surface area contributed by atoms with Gasteiger partial charge in [-0.3, -0.25) is 0 Å². The van der Waals surface area contributed by atoms with E-state index in [-0.39, 0.29) is 24.6 Å². The summed E-state index contributed by atoms with van der Waals surface area (Å²) in [4.78, 5) is 26.8. The van der Waals surface area contributed by atoms with Crippen LogP contribution in [0, 0.1) is 6.92 Å². The van der Waals surface area contributed by atoms with Crippen molar-refractivity contribution in [3.05, 3.63) is 65.2 Å². The molecule has 1 aliphatic rings. The van der Waals surface area contributed by atoms with Gasteiger partial charge < -0.3 is 14.4 Å². The molecule has 2 aromatic carbocycles. The fourth-order valence-corrected chi connectivity index (χ4v) is 3.30. The number of ether oxygens (including phenoxy) is 2. The Bertz CT molecular complexity index is 788. The summed E-state index contributed by atoms with van der Waals surface area (Å²) in [5.74, 6) is -0.658. The Morgan fingerprint density at radius 2 is 1.92 bits per heavy atom. The maximum Gasteiger partial charge on any atom is 0.340 e. The summed E-state index contributed by atoms with van der Waals surface area (Å²) in [5, 5.41) is 0. The molecule has 5 heteroatoms. The molecule has 0 aromatic heterocycles. The SMILES string of the molecule is COC(=O)[C@@H]1CCCN1c1ccc(C)cc1C(=O)OCc1ccccc1. The number of aryl methyl sites for hydroxylation is 1. The zero-order chi connectivity index (χ0) is 18.5. The molecule has 1 saturated heterocycles. The quantitative estimate of drug-likeness (QED) is 0.770. The Labute approximate surface area is 153 Å². The first-order chi connectivity index (χ1) is 12.6. The molecule has 0 spiro atoms. The van der Waals surface area contributed by atoms with E-state index >= 15 is 0 Å². The van der Waals surface area contributed by atoms with Crippen molar-refractivity contribution in [3.8, 4) is 0 Å². The average molecular weight is 353 g/mol. The molecule has 1 heterocycles. The van der Waals surface area contributed by atoms with Crippen molar-refractivity contribution in [1.29, 1.82) is 0 Å². The molecule has 0 N–H and O–H groups in total. The van der Waals surface area contributed by atoms with Gasteiger partial charge in [0.2, 0.25) is 0 Å². The van der Waals surface area contributed by atoms with Crippen molar-refractivity contribution in [2.75, 3.05) is 18.6 Å². The number of carbonyl (C=O) groups excluding carboxylic acids is 2. The maximum absolute atomic E-state index is 12.7. The van der Waals surface area contributed by atoms with Gasteiger partial charge in [-0.25, -0.2) is 9.59 Å². The highest BCUT2D eigenvalue weighted by molar-refractivity contribution is 5.97. The van der Waals surface area contributed by atoms with Gasteiger partial charge in [0.15, 0.2) is 0 Å². The molecule has 1 fully saturated rings. The maximum atomic E-state index is 12.7. The Morgan fingerprint density at radius 3 is 2.65 bits per heavy atom. The normalized spacial score (nSPS) is 16.4. The van der Waals surface area contributed by atoms with Crippen molar-refractivity contribution >= 4 is 17.6 Å². The van der Waals surface area contributed by atoms with Crippen LogP contribution in [0.3, 0.4) is 0 Å². The Balaban J connectivity index is 1.83. The Kier molecular flexibility index (Phi) is 5.56. The van der Waals surface area contributed by atoms with E-state index in [2.05, 4.69) is 0 Å². The second-order valence-corrected chi connectivity index (χ2v) is 6.46. The lowest BCUT2D eigenvalue weighted by atomic mass is 10.1. The van der Waals surface area contributed by atoms with E-state index in [0.717, 1.165) is 29.7 Å². The zero-order valence-corrected chi connectivity index (χ0v) is 15.1. The van der Waals surface area contributed by atoms with Crippen LogP contribution < -0.4 is 4.90 Å². The van der Waals surface area contributed by atoms with Crippen LogP contribution in [-0.4, -0.2) is 31.6 Å². The summed E-state index contributed by atoms with van der Waals surface area (Å²) in [6.07, 6.45) is 1.60. The number of hydrogen-bond donors (Lipinski definition) is 0. The van der Waals surface area contributed by atoms with Gasteiger partial charge in [-0.2, -0.15) is 0 Å². The molecule has 26 heavy (non-hydrogen) atoms. The van der Waals surface area contributed by atoms with Gasteiger partial charge in [0, 0.05) is 6.54 Å². The zero-order valence-electron chi connectivity index (χ0n) is 15.1. The first-order valence-corrected chi connectivity index (χ1v) is 8.76. The second-order valence-electron chi connectivity index (χ2n) is 6.46. The van der Waals surface area contributed by atoms with Gasteiger partial charge in [0.1, 0.15) is 12.6 Å². The summed E-state index contributed by atoms with van der Waals surface area (Å²) in [6.45, 7) is 2.86. The first-order valence-electron chi connectivity index (χ1n) is 8.76. The van der Waals surface area contributed by atoms with Crippen LogP contribution in [0.2, 0.25) is 0 Å². The van der Waals surface area contributed by atoms with Gasteiger partial charge >= 0.3 is 11.9 Å². The minimum absolute atomic E-state index is 0.216. The lowest BCUT2D eigenvalue weighted by molar-refractivity contribution is -0.141. The topological polar surface area (TPSA) is 55.8 Å². The highest BCUT2D eigenvalue weighted by atomic mass is 16.5. The molecular weight excluding hydrogens is 330 g/mol. The summed E-state index contributed by atoms with van der Waals surface area (Å²) in [7, 11) is 1.39. The molecule has 136 valence electrons. The summed E-state index contributed by atoms with van der Waals surface area (Å²) >= 11 is 0. The Morgan fingerprint density at radius 1 is 1.15 bits per heavy atom. The number of hydrogen-bond acceptors (Lipinski definition) is 5. The number of esters is 2. The van der Waals surface area contributed by atoms with Gasteiger partial charge in [0.05, 0.1) is 18.4 Å².